The van der Waals surface area contributed by atoms with Crippen LogP contribution < -0.4 is 4.74 Å². The number of rotatable bonds is 6. The van der Waals surface area contributed by atoms with Crippen LogP contribution >= 0.6 is 0 Å². The van der Waals surface area contributed by atoms with Crippen molar-refractivity contribution < 1.29 is 18.7 Å². The fourth-order valence-electron chi connectivity index (χ4n) is 2.58. The SMILES string of the molecule is CC(C)Oc1ccc(/C=C2/N=C(CCc3ccccc3F)OC2=O)cc1. The minimum absolute atomic E-state index is 0.102. The van der Waals surface area contributed by atoms with E-state index >= 15 is 0 Å². The molecule has 5 heteroatoms. The first-order valence-electron chi connectivity index (χ1n) is 8.53. The Hall–Kier alpha value is -2.95. The molecule has 0 amide bonds. The van der Waals surface area contributed by atoms with Crippen molar-refractivity contribution in [2.24, 2.45) is 4.99 Å². The molecule has 0 bridgehead atoms. The van der Waals surface area contributed by atoms with Crippen molar-refractivity contribution in [3.63, 3.8) is 0 Å². The third-order valence-corrected chi connectivity index (χ3v) is 3.79. The quantitative estimate of drug-likeness (QED) is 0.566. The summed E-state index contributed by atoms with van der Waals surface area (Å²) in [4.78, 5) is 16.2. The minimum Gasteiger partial charge on any atom is -0.491 e. The Kier molecular flexibility index (Phi) is 5.46. The van der Waals surface area contributed by atoms with Gasteiger partial charge in [0.2, 0.25) is 0 Å². The van der Waals surface area contributed by atoms with Crippen LogP contribution in [0.2, 0.25) is 0 Å². The third kappa shape index (κ3) is 4.57. The van der Waals surface area contributed by atoms with Crippen LogP contribution in [0.1, 0.15) is 31.4 Å². The van der Waals surface area contributed by atoms with Gasteiger partial charge < -0.3 is 9.47 Å². The lowest BCUT2D eigenvalue weighted by Gasteiger charge is -2.09. The highest BCUT2D eigenvalue weighted by Gasteiger charge is 2.22. The molecule has 1 heterocycles. The van der Waals surface area contributed by atoms with E-state index in [4.69, 9.17) is 9.47 Å². The second-order valence-corrected chi connectivity index (χ2v) is 6.25. The topological polar surface area (TPSA) is 47.9 Å². The van der Waals surface area contributed by atoms with Crippen LogP contribution in [0.25, 0.3) is 6.08 Å². The summed E-state index contributed by atoms with van der Waals surface area (Å²) in [5.74, 6) is 0.322. The van der Waals surface area contributed by atoms with Crippen LogP contribution in [0.3, 0.4) is 0 Å². The standard InChI is InChI=1S/C21H20FNO3/c1-14(2)25-17-10-7-15(8-11-17)13-19-21(24)26-20(23-19)12-9-16-5-3-4-6-18(16)22/h3-8,10-11,13-14H,9,12H2,1-2H3/b19-13+. The van der Waals surface area contributed by atoms with Gasteiger partial charge in [0.05, 0.1) is 6.10 Å². The van der Waals surface area contributed by atoms with E-state index in [0.29, 0.717) is 24.3 Å². The fraction of sp³-hybridized carbons (Fsp3) is 0.238. The summed E-state index contributed by atoms with van der Waals surface area (Å²) in [5, 5.41) is 0. The zero-order valence-corrected chi connectivity index (χ0v) is 14.7. The first-order chi connectivity index (χ1) is 12.5. The Morgan fingerprint density at radius 3 is 2.54 bits per heavy atom. The van der Waals surface area contributed by atoms with Crippen molar-refractivity contribution in [1.29, 1.82) is 0 Å². The number of cyclic esters (lactones) is 1. The molecule has 4 nitrogen and oxygen atoms in total. The van der Waals surface area contributed by atoms with Crippen molar-refractivity contribution in [3.05, 3.63) is 71.2 Å². The molecule has 0 aromatic heterocycles. The van der Waals surface area contributed by atoms with Gasteiger partial charge in [-0.1, -0.05) is 30.3 Å². The van der Waals surface area contributed by atoms with Gasteiger partial charge in [0.15, 0.2) is 11.6 Å². The van der Waals surface area contributed by atoms with E-state index < -0.39 is 5.97 Å². The van der Waals surface area contributed by atoms with Gasteiger partial charge >= 0.3 is 5.97 Å². The van der Waals surface area contributed by atoms with E-state index in [1.165, 1.54) is 6.07 Å². The molecule has 0 spiro atoms. The average molecular weight is 353 g/mol. The summed E-state index contributed by atoms with van der Waals surface area (Å²) in [7, 11) is 0. The van der Waals surface area contributed by atoms with E-state index in [1.807, 2.05) is 38.1 Å². The van der Waals surface area contributed by atoms with Gasteiger partial charge in [-0.3, -0.25) is 0 Å². The van der Waals surface area contributed by atoms with Crippen molar-refractivity contribution in [2.75, 3.05) is 0 Å². The third-order valence-electron chi connectivity index (χ3n) is 3.79. The van der Waals surface area contributed by atoms with Gasteiger partial charge in [-0.2, -0.15) is 0 Å². The molecular formula is C21H20FNO3. The second-order valence-electron chi connectivity index (χ2n) is 6.25. The number of nitrogens with zero attached hydrogens (tertiary/aromatic N) is 1. The van der Waals surface area contributed by atoms with Gasteiger partial charge in [0.25, 0.3) is 0 Å². The lowest BCUT2D eigenvalue weighted by atomic mass is 10.1. The lowest BCUT2D eigenvalue weighted by Crippen LogP contribution is -2.05. The largest absolute Gasteiger partial charge is 0.491 e. The van der Waals surface area contributed by atoms with Gasteiger partial charge in [-0.25, -0.2) is 14.2 Å². The highest BCUT2D eigenvalue weighted by molar-refractivity contribution is 6.07. The molecule has 0 saturated heterocycles. The molecule has 3 rings (SSSR count). The lowest BCUT2D eigenvalue weighted by molar-refractivity contribution is -0.130. The van der Waals surface area contributed by atoms with Crippen LogP contribution in [-0.4, -0.2) is 18.0 Å². The molecule has 1 aliphatic heterocycles. The number of ether oxygens (including phenoxy) is 2. The number of aliphatic imine (C=N–C) groups is 1. The van der Waals surface area contributed by atoms with Crippen LogP contribution in [0, 0.1) is 5.82 Å². The number of hydrogen-bond donors (Lipinski definition) is 0. The van der Waals surface area contributed by atoms with Gasteiger partial charge in [0.1, 0.15) is 11.6 Å². The van der Waals surface area contributed by atoms with E-state index in [-0.39, 0.29) is 17.6 Å². The number of hydrogen-bond acceptors (Lipinski definition) is 4. The van der Waals surface area contributed by atoms with Crippen molar-refractivity contribution >= 4 is 17.9 Å². The van der Waals surface area contributed by atoms with E-state index in [0.717, 1.165) is 11.3 Å². The highest BCUT2D eigenvalue weighted by Crippen LogP contribution is 2.20. The molecule has 0 radical (unpaired) electrons. The Bertz CT molecular complexity index is 854. The highest BCUT2D eigenvalue weighted by atomic mass is 19.1. The number of carbonyl (C=O) groups is 1. The van der Waals surface area contributed by atoms with Crippen LogP contribution in [0.5, 0.6) is 5.75 Å². The summed E-state index contributed by atoms with van der Waals surface area (Å²) in [6, 6.07) is 13.9. The number of carbonyl (C=O) groups excluding carboxylic acids is 1. The number of esters is 1. The molecule has 0 saturated carbocycles. The molecule has 0 aliphatic carbocycles. The van der Waals surface area contributed by atoms with E-state index in [9.17, 15) is 9.18 Å². The zero-order chi connectivity index (χ0) is 18.5. The number of benzene rings is 2. The fourth-order valence-corrected chi connectivity index (χ4v) is 2.58. The second kappa shape index (κ2) is 7.95. The predicted octanol–water partition coefficient (Wildman–Crippen LogP) is 4.54. The minimum atomic E-state index is -0.490. The molecule has 26 heavy (non-hydrogen) atoms. The van der Waals surface area contributed by atoms with Crippen molar-refractivity contribution in [2.45, 2.75) is 32.8 Å². The summed E-state index contributed by atoms with van der Waals surface area (Å²) < 4.78 is 24.4. The monoisotopic (exact) mass is 353 g/mol. The van der Waals surface area contributed by atoms with Crippen LogP contribution in [0.4, 0.5) is 4.39 Å². The molecule has 0 N–H and O–H groups in total. The molecule has 2 aromatic rings. The smallest absolute Gasteiger partial charge is 0.363 e. The Morgan fingerprint density at radius 1 is 1.12 bits per heavy atom. The van der Waals surface area contributed by atoms with Gasteiger partial charge in [-0.15, -0.1) is 0 Å². The maximum atomic E-state index is 13.6. The maximum Gasteiger partial charge on any atom is 0.363 e. The van der Waals surface area contributed by atoms with Crippen LogP contribution in [0.15, 0.2) is 59.2 Å². The molecule has 0 unspecified atom stereocenters. The van der Waals surface area contributed by atoms with Gasteiger partial charge in [-0.05, 0) is 55.7 Å². The Morgan fingerprint density at radius 2 is 1.85 bits per heavy atom. The number of aryl methyl sites for hydroxylation is 1. The van der Waals surface area contributed by atoms with E-state index in [2.05, 4.69) is 4.99 Å². The molecule has 0 fully saturated rings. The molecule has 134 valence electrons. The first-order valence-corrected chi connectivity index (χ1v) is 8.53. The first kappa shape index (κ1) is 17.9. The zero-order valence-electron chi connectivity index (χ0n) is 14.7. The average Bonchev–Trinajstić information content (AvgIpc) is 2.95. The molecule has 2 aromatic carbocycles. The van der Waals surface area contributed by atoms with Crippen molar-refractivity contribution in [3.8, 4) is 5.75 Å². The summed E-state index contributed by atoms with van der Waals surface area (Å²) in [5.41, 5.74) is 1.64. The Balaban J connectivity index is 1.67. The van der Waals surface area contributed by atoms with Crippen LogP contribution in [-0.2, 0) is 16.0 Å². The normalized spacial score (nSPS) is 15.3. The summed E-state index contributed by atoms with van der Waals surface area (Å²) in [6.45, 7) is 3.92. The van der Waals surface area contributed by atoms with Gasteiger partial charge in [0, 0.05) is 6.42 Å². The van der Waals surface area contributed by atoms with E-state index in [1.54, 1.807) is 24.3 Å². The Labute approximate surface area is 152 Å². The molecule has 0 atom stereocenters. The summed E-state index contributed by atoms with van der Waals surface area (Å²) >= 11 is 0. The molecule has 1 aliphatic rings. The predicted molar refractivity (Wildman–Crippen MR) is 98.4 cm³/mol. The van der Waals surface area contributed by atoms with Crippen molar-refractivity contribution in [1.82, 2.24) is 0 Å². The molecular weight excluding hydrogens is 333 g/mol. The maximum absolute atomic E-state index is 13.6. The summed E-state index contributed by atoms with van der Waals surface area (Å²) in [6.07, 6.45) is 2.56. The number of halogens is 1.